The van der Waals surface area contributed by atoms with Crippen molar-refractivity contribution in [1.82, 2.24) is 10.2 Å². The minimum Gasteiger partial charge on any atom is -0.383 e. The Morgan fingerprint density at radius 1 is 1.38 bits per heavy atom. The molecule has 124 valence electrons. The van der Waals surface area contributed by atoms with Crippen LogP contribution >= 0.6 is 11.8 Å². The normalized spacial score (nSPS) is 19.5. The van der Waals surface area contributed by atoms with Crippen molar-refractivity contribution in [2.45, 2.75) is 43.7 Å². The molecule has 1 unspecified atom stereocenters. The highest BCUT2D eigenvalue weighted by atomic mass is 32.2. The Hall–Kier alpha value is -0.630. The third-order valence-electron chi connectivity index (χ3n) is 3.83. The lowest BCUT2D eigenvalue weighted by Gasteiger charge is -2.35. The number of aliphatic hydroxyl groups excluding tert-OH is 1. The summed E-state index contributed by atoms with van der Waals surface area (Å²) in [4.78, 5) is 13.5. The van der Waals surface area contributed by atoms with Gasteiger partial charge in [-0.15, -0.1) is 0 Å². The van der Waals surface area contributed by atoms with Gasteiger partial charge in [-0.3, -0.25) is 0 Å². The Balaban J connectivity index is 2.41. The number of alkyl halides is 3. The maximum atomic E-state index is 12.4. The fourth-order valence-electron chi connectivity index (χ4n) is 2.16. The first kappa shape index (κ1) is 18.4. The molecule has 1 fully saturated rings. The van der Waals surface area contributed by atoms with Gasteiger partial charge in [0.25, 0.3) is 0 Å². The number of urea groups is 1. The average molecular weight is 328 g/mol. The van der Waals surface area contributed by atoms with Gasteiger partial charge in [-0.2, -0.15) is 24.9 Å². The molecule has 1 aliphatic rings. The lowest BCUT2D eigenvalue weighted by molar-refractivity contribution is -0.222. The molecule has 1 saturated heterocycles. The van der Waals surface area contributed by atoms with Crippen molar-refractivity contribution in [2.75, 3.05) is 25.9 Å². The number of thioether (sulfide) groups is 1. The first-order valence-corrected chi connectivity index (χ1v) is 8.12. The van der Waals surface area contributed by atoms with Gasteiger partial charge in [0, 0.05) is 24.4 Å². The summed E-state index contributed by atoms with van der Waals surface area (Å²) in [6.07, 6.45) is -4.59. The number of nitrogens with zero attached hydrogens (tertiary/aromatic N) is 1. The van der Waals surface area contributed by atoms with Crippen molar-refractivity contribution in [3.63, 3.8) is 0 Å². The van der Waals surface area contributed by atoms with Crippen LogP contribution in [-0.2, 0) is 0 Å². The molecule has 21 heavy (non-hydrogen) atoms. The van der Waals surface area contributed by atoms with Crippen molar-refractivity contribution in [2.24, 2.45) is 5.92 Å². The summed E-state index contributed by atoms with van der Waals surface area (Å²) in [5, 5.41) is 12.0. The number of likely N-dealkylation sites (tertiary alicyclic amines) is 1. The van der Waals surface area contributed by atoms with Crippen LogP contribution in [0.2, 0.25) is 0 Å². The second-order valence-corrected chi connectivity index (χ2v) is 7.45. The summed E-state index contributed by atoms with van der Waals surface area (Å²) in [6.45, 7) is 4.98. The lowest BCUT2D eigenvalue weighted by atomic mass is 9.91. The number of nitrogens with one attached hydrogen (secondary N) is 1. The Morgan fingerprint density at radius 2 is 1.90 bits per heavy atom. The minimum atomic E-state index is -4.59. The second kappa shape index (κ2) is 7.09. The van der Waals surface area contributed by atoms with Gasteiger partial charge in [-0.05, 0) is 38.9 Å². The quantitative estimate of drug-likeness (QED) is 0.833. The van der Waals surface area contributed by atoms with Crippen LogP contribution in [0.1, 0.15) is 26.7 Å². The van der Waals surface area contributed by atoms with Crippen LogP contribution in [0.25, 0.3) is 0 Å². The SMILES string of the molecule is CSC(C)(C)CNC(=O)N1CCC(C(O)C(F)(F)F)CC1. The van der Waals surface area contributed by atoms with Crippen molar-refractivity contribution >= 4 is 17.8 Å². The summed E-state index contributed by atoms with van der Waals surface area (Å²) < 4.78 is 37.2. The predicted molar refractivity (Wildman–Crippen MR) is 77.4 cm³/mol. The molecule has 1 rings (SSSR count). The molecular formula is C13H23F3N2O2S. The molecule has 4 nitrogen and oxygen atoms in total. The zero-order chi connectivity index (χ0) is 16.3. The lowest BCUT2D eigenvalue weighted by Crippen LogP contribution is -2.49. The molecule has 0 radical (unpaired) electrons. The van der Waals surface area contributed by atoms with E-state index in [2.05, 4.69) is 5.32 Å². The zero-order valence-corrected chi connectivity index (χ0v) is 13.4. The van der Waals surface area contributed by atoms with Crippen molar-refractivity contribution < 1.29 is 23.1 Å². The Labute approximate surface area is 127 Å². The van der Waals surface area contributed by atoms with Gasteiger partial charge in [-0.1, -0.05) is 0 Å². The van der Waals surface area contributed by atoms with Crippen LogP contribution in [0.4, 0.5) is 18.0 Å². The Kier molecular flexibility index (Phi) is 6.22. The van der Waals surface area contributed by atoms with Gasteiger partial charge in [0.05, 0.1) is 0 Å². The Bertz CT molecular complexity index is 356. The summed E-state index contributed by atoms with van der Waals surface area (Å²) in [5.74, 6) is -0.823. The van der Waals surface area contributed by atoms with E-state index < -0.39 is 18.2 Å². The van der Waals surface area contributed by atoms with E-state index in [0.717, 1.165) is 0 Å². The predicted octanol–water partition coefficient (Wildman–Crippen LogP) is 2.47. The number of rotatable bonds is 4. The molecule has 8 heteroatoms. The van der Waals surface area contributed by atoms with Crippen LogP contribution in [0.15, 0.2) is 0 Å². The molecule has 2 amide bonds. The van der Waals surface area contributed by atoms with Gasteiger partial charge in [0.1, 0.15) is 0 Å². The highest BCUT2D eigenvalue weighted by Gasteiger charge is 2.44. The number of halogens is 3. The van der Waals surface area contributed by atoms with Gasteiger partial charge < -0.3 is 15.3 Å². The molecule has 0 saturated carbocycles. The van der Waals surface area contributed by atoms with Crippen molar-refractivity contribution in [3.8, 4) is 0 Å². The van der Waals surface area contributed by atoms with Crippen LogP contribution in [0.3, 0.4) is 0 Å². The summed E-state index contributed by atoms with van der Waals surface area (Å²) in [7, 11) is 0. The molecule has 1 aliphatic heterocycles. The Morgan fingerprint density at radius 3 is 2.33 bits per heavy atom. The fraction of sp³-hybridized carbons (Fsp3) is 0.923. The third kappa shape index (κ3) is 5.58. The van der Waals surface area contributed by atoms with E-state index in [1.165, 1.54) is 4.90 Å². The first-order valence-electron chi connectivity index (χ1n) is 6.89. The standard InChI is InChI=1S/C13H23F3N2O2S/c1-12(2,21-3)8-17-11(20)18-6-4-9(5-7-18)10(19)13(14,15)16/h9-10,19H,4-8H2,1-3H3,(H,17,20). The molecular weight excluding hydrogens is 305 g/mol. The maximum Gasteiger partial charge on any atom is 0.414 e. The molecule has 1 heterocycles. The third-order valence-corrected chi connectivity index (χ3v) is 5.08. The fourth-order valence-corrected chi connectivity index (χ4v) is 2.37. The summed E-state index contributed by atoms with van der Waals surface area (Å²) >= 11 is 1.63. The van der Waals surface area contributed by atoms with Crippen LogP contribution in [0.5, 0.6) is 0 Å². The topological polar surface area (TPSA) is 52.6 Å². The van der Waals surface area contributed by atoms with Crippen molar-refractivity contribution in [3.05, 3.63) is 0 Å². The number of aliphatic hydroxyl groups is 1. The molecule has 1 atom stereocenters. The molecule has 0 aromatic heterocycles. The highest BCUT2D eigenvalue weighted by Crippen LogP contribution is 2.31. The number of piperidine rings is 1. The summed E-state index contributed by atoms with van der Waals surface area (Å²) in [6, 6.07) is -0.253. The van der Waals surface area contributed by atoms with E-state index in [0.29, 0.717) is 6.54 Å². The van der Waals surface area contributed by atoms with E-state index in [9.17, 15) is 23.1 Å². The molecule has 0 bridgehead atoms. The largest absolute Gasteiger partial charge is 0.414 e. The molecule has 0 aliphatic carbocycles. The molecule has 0 spiro atoms. The van der Waals surface area contributed by atoms with E-state index in [1.54, 1.807) is 11.8 Å². The van der Waals surface area contributed by atoms with Gasteiger partial charge in [-0.25, -0.2) is 4.79 Å². The first-order chi connectivity index (χ1) is 9.57. The average Bonchev–Trinajstić information content (AvgIpc) is 2.43. The number of carbonyl (C=O) groups excluding carboxylic acids is 1. The monoisotopic (exact) mass is 328 g/mol. The molecule has 0 aromatic carbocycles. The van der Waals surface area contributed by atoms with Crippen LogP contribution < -0.4 is 5.32 Å². The van der Waals surface area contributed by atoms with E-state index in [-0.39, 0.29) is 36.7 Å². The maximum absolute atomic E-state index is 12.4. The van der Waals surface area contributed by atoms with E-state index in [4.69, 9.17) is 0 Å². The van der Waals surface area contributed by atoms with Crippen LogP contribution in [-0.4, -0.2) is 59.0 Å². The highest BCUT2D eigenvalue weighted by molar-refractivity contribution is 7.99. The number of hydrogen-bond acceptors (Lipinski definition) is 3. The number of hydrogen-bond donors (Lipinski definition) is 2. The van der Waals surface area contributed by atoms with E-state index in [1.807, 2.05) is 20.1 Å². The minimum absolute atomic E-state index is 0.0829. The van der Waals surface area contributed by atoms with Gasteiger partial charge in [0.2, 0.25) is 0 Å². The van der Waals surface area contributed by atoms with Gasteiger partial charge in [0.15, 0.2) is 6.10 Å². The van der Waals surface area contributed by atoms with Gasteiger partial charge >= 0.3 is 12.2 Å². The smallest absolute Gasteiger partial charge is 0.383 e. The summed E-state index contributed by atoms with van der Waals surface area (Å²) in [5.41, 5.74) is 0. The number of amides is 2. The van der Waals surface area contributed by atoms with Crippen LogP contribution in [0, 0.1) is 5.92 Å². The second-order valence-electron chi connectivity index (χ2n) is 5.93. The van der Waals surface area contributed by atoms with Crippen molar-refractivity contribution in [1.29, 1.82) is 0 Å². The number of carbonyl (C=O) groups is 1. The zero-order valence-electron chi connectivity index (χ0n) is 12.5. The van der Waals surface area contributed by atoms with E-state index >= 15 is 0 Å². The molecule has 0 aromatic rings. The molecule has 2 N–H and O–H groups in total.